The van der Waals surface area contributed by atoms with Gasteiger partial charge in [-0.3, -0.25) is 4.57 Å². The molecule has 0 spiro atoms. The van der Waals surface area contributed by atoms with E-state index in [4.69, 9.17) is 17.3 Å². The average Bonchev–Trinajstić information content (AvgIpc) is 2.57. The first-order valence-electron chi connectivity index (χ1n) is 5.46. The quantitative estimate of drug-likeness (QED) is 0.894. The Labute approximate surface area is 99.4 Å². The van der Waals surface area contributed by atoms with Gasteiger partial charge in [-0.1, -0.05) is 25.4 Å². The van der Waals surface area contributed by atoms with Crippen molar-refractivity contribution < 1.29 is 0 Å². The topological polar surface area (TPSA) is 56.7 Å². The van der Waals surface area contributed by atoms with E-state index >= 15 is 0 Å². The molecule has 86 valence electrons. The zero-order chi connectivity index (χ0) is 11.7. The number of hydrogen-bond acceptors (Lipinski definition) is 3. The standard InChI is InChI=1S/C11H15ClN4/c1-3-8(4-2)16-10-9(15-11(16)13)5-7(12)6-14-10/h5-6,8H,3-4H2,1-2H3,(H2,13,15). The Morgan fingerprint density at radius 3 is 2.75 bits per heavy atom. The second kappa shape index (κ2) is 4.29. The van der Waals surface area contributed by atoms with Gasteiger partial charge in [0, 0.05) is 12.2 Å². The van der Waals surface area contributed by atoms with Gasteiger partial charge < -0.3 is 5.73 Å². The molecule has 16 heavy (non-hydrogen) atoms. The summed E-state index contributed by atoms with van der Waals surface area (Å²) in [6, 6.07) is 2.14. The van der Waals surface area contributed by atoms with Gasteiger partial charge in [-0.2, -0.15) is 0 Å². The molecule has 0 aliphatic heterocycles. The highest BCUT2D eigenvalue weighted by Gasteiger charge is 2.15. The first-order valence-corrected chi connectivity index (χ1v) is 5.84. The van der Waals surface area contributed by atoms with Crippen LogP contribution in [0.15, 0.2) is 12.3 Å². The minimum absolute atomic E-state index is 0.346. The fourth-order valence-electron chi connectivity index (χ4n) is 1.99. The number of imidazole rings is 1. The van der Waals surface area contributed by atoms with Crippen molar-refractivity contribution in [1.29, 1.82) is 0 Å². The van der Waals surface area contributed by atoms with Crippen molar-refractivity contribution >= 4 is 28.7 Å². The molecule has 4 nitrogen and oxygen atoms in total. The second-order valence-electron chi connectivity index (χ2n) is 3.81. The van der Waals surface area contributed by atoms with E-state index in [9.17, 15) is 0 Å². The molecule has 0 radical (unpaired) electrons. The zero-order valence-electron chi connectivity index (χ0n) is 9.44. The monoisotopic (exact) mass is 238 g/mol. The number of nitrogens with two attached hydrogens (primary N) is 1. The number of halogens is 1. The number of rotatable bonds is 3. The van der Waals surface area contributed by atoms with Crippen molar-refractivity contribution in [3.8, 4) is 0 Å². The predicted octanol–water partition coefficient (Wildman–Crippen LogP) is 3.03. The summed E-state index contributed by atoms with van der Waals surface area (Å²) in [5.74, 6) is 0.512. The molecule has 2 rings (SSSR count). The number of nitrogens with zero attached hydrogens (tertiary/aromatic N) is 3. The van der Waals surface area contributed by atoms with Crippen molar-refractivity contribution in [1.82, 2.24) is 14.5 Å². The van der Waals surface area contributed by atoms with E-state index in [1.54, 1.807) is 12.3 Å². The van der Waals surface area contributed by atoms with Gasteiger partial charge in [0.05, 0.1) is 5.02 Å². The van der Waals surface area contributed by atoms with Gasteiger partial charge in [0.25, 0.3) is 0 Å². The van der Waals surface area contributed by atoms with Crippen LogP contribution in [0.3, 0.4) is 0 Å². The Kier molecular flexibility index (Phi) is 3.01. The van der Waals surface area contributed by atoms with Crippen molar-refractivity contribution in [2.75, 3.05) is 5.73 Å². The lowest BCUT2D eigenvalue weighted by atomic mass is 10.2. The Morgan fingerprint density at radius 1 is 1.44 bits per heavy atom. The van der Waals surface area contributed by atoms with Crippen LogP contribution in [0, 0.1) is 0 Å². The third-order valence-electron chi connectivity index (χ3n) is 2.83. The van der Waals surface area contributed by atoms with Gasteiger partial charge in [0.2, 0.25) is 5.95 Å². The van der Waals surface area contributed by atoms with Gasteiger partial charge in [0.1, 0.15) is 5.52 Å². The summed E-state index contributed by atoms with van der Waals surface area (Å²) < 4.78 is 1.99. The molecule has 2 heterocycles. The van der Waals surface area contributed by atoms with Gasteiger partial charge in [0.15, 0.2) is 5.65 Å². The van der Waals surface area contributed by atoms with Crippen LogP contribution in [0.1, 0.15) is 32.7 Å². The number of anilines is 1. The summed E-state index contributed by atoms with van der Waals surface area (Å²) in [5, 5.41) is 0.585. The van der Waals surface area contributed by atoms with Crippen LogP contribution < -0.4 is 5.73 Å². The Hall–Kier alpha value is -1.29. The summed E-state index contributed by atoms with van der Waals surface area (Å²) in [6.45, 7) is 4.27. The minimum atomic E-state index is 0.346. The van der Waals surface area contributed by atoms with E-state index < -0.39 is 0 Å². The lowest BCUT2D eigenvalue weighted by Gasteiger charge is -2.16. The maximum absolute atomic E-state index is 5.92. The Bertz CT molecular complexity index is 502. The SMILES string of the molecule is CCC(CC)n1c(N)nc2cc(Cl)cnc21. The smallest absolute Gasteiger partial charge is 0.202 e. The van der Waals surface area contributed by atoms with Crippen LogP contribution in [0.4, 0.5) is 5.95 Å². The molecule has 0 aliphatic rings. The molecule has 2 aromatic rings. The summed E-state index contributed by atoms with van der Waals surface area (Å²) in [7, 11) is 0. The number of aromatic nitrogens is 3. The zero-order valence-corrected chi connectivity index (χ0v) is 10.2. The van der Waals surface area contributed by atoms with Crippen molar-refractivity contribution in [2.24, 2.45) is 0 Å². The van der Waals surface area contributed by atoms with Gasteiger partial charge in [-0.15, -0.1) is 0 Å². The second-order valence-corrected chi connectivity index (χ2v) is 4.24. The molecule has 5 heteroatoms. The lowest BCUT2D eigenvalue weighted by molar-refractivity contribution is 0.486. The summed E-state index contributed by atoms with van der Waals surface area (Å²) in [5.41, 5.74) is 7.50. The number of nitrogen functional groups attached to an aromatic ring is 1. The molecule has 0 amide bonds. The molecular weight excluding hydrogens is 224 g/mol. The van der Waals surface area contributed by atoms with E-state index in [0.29, 0.717) is 17.0 Å². The predicted molar refractivity (Wildman–Crippen MR) is 66.6 cm³/mol. The molecule has 2 aromatic heterocycles. The van der Waals surface area contributed by atoms with Crippen molar-refractivity contribution in [3.63, 3.8) is 0 Å². The highest BCUT2D eigenvalue weighted by Crippen LogP contribution is 2.26. The molecule has 0 saturated heterocycles. The minimum Gasteiger partial charge on any atom is -0.369 e. The van der Waals surface area contributed by atoms with Crippen LogP contribution >= 0.6 is 11.6 Å². The first kappa shape index (κ1) is 11.2. The Balaban J connectivity index is 2.64. The fraction of sp³-hybridized carbons (Fsp3) is 0.455. The highest BCUT2D eigenvalue weighted by molar-refractivity contribution is 6.31. The number of hydrogen-bond donors (Lipinski definition) is 1. The van der Waals surface area contributed by atoms with E-state index in [1.807, 2.05) is 4.57 Å². The van der Waals surface area contributed by atoms with E-state index in [2.05, 4.69) is 23.8 Å². The molecule has 0 aromatic carbocycles. The van der Waals surface area contributed by atoms with Crippen LogP contribution in [0.5, 0.6) is 0 Å². The maximum atomic E-state index is 5.92. The Morgan fingerprint density at radius 2 is 2.12 bits per heavy atom. The van der Waals surface area contributed by atoms with E-state index in [-0.39, 0.29) is 0 Å². The molecule has 0 bridgehead atoms. The largest absolute Gasteiger partial charge is 0.369 e. The van der Waals surface area contributed by atoms with Crippen LogP contribution in [0.2, 0.25) is 5.02 Å². The third-order valence-corrected chi connectivity index (χ3v) is 3.04. The molecule has 0 aliphatic carbocycles. The summed E-state index contributed by atoms with van der Waals surface area (Å²) in [4.78, 5) is 8.59. The normalized spacial score (nSPS) is 11.5. The number of fused-ring (bicyclic) bond motifs is 1. The molecular formula is C11H15ClN4. The first-order chi connectivity index (χ1) is 7.67. The average molecular weight is 239 g/mol. The van der Waals surface area contributed by atoms with Crippen molar-refractivity contribution in [3.05, 3.63) is 17.3 Å². The highest BCUT2D eigenvalue weighted by atomic mass is 35.5. The molecule has 0 atom stereocenters. The van der Waals surface area contributed by atoms with Gasteiger partial charge in [-0.05, 0) is 18.9 Å². The van der Waals surface area contributed by atoms with Gasteiger partial charge in [-0.25, -0.2) is 9.97 Å². The summed E-state index contributed by atoms with van der Waals surface area (Å²) in [6.07, 6.45) is 3.65. The van der Waals surface area contributed by atoms with E-state index in [0.717, 1.165) is 24.0 Å². The van der Waals surface area contributed by atoms with Gasteiger partial charge >= 0.3 is 0 Å². The fourth-order valence-corrected chi connectivity index (χ4v) is 2.14. The third kappa shape index (κ3) is 1.73. The molecule has 2 N–H and O–H groups in total. The molecule has 0 unspecified atom stereocenters. The van der Waals surface area contributed by atoms with Crippen LogP contribution in [-0.4, -0.2) is 14.5 Å². The maximum Gasteiger partial charge on any atom is 0.202 e. The lowest BCUT2D eigenvalue weighted by Crippen LogP contribution is -2.10. The van der Waals surface area contributed by atoms with Crippen LogP contribution in [0.25, 0.3) is 11.2 Å². The summed E-state index contributed by atoms with van der Waals surface area (Å²) >= 11 is 5.88. The molecule has 0 saturated carbocycles. The van der Waals surface area contributed by atoms with Crippen LogP contribution in [-0.2, 0) is 0 Å². The van der Waals surface area contributed by atoms with E-state index in [1.165, 1.54) is 0 Å². The molecule has 0 fully saturated rings. The number of pyridine rings is 1. The van der Waals surface area contributed by atoms with Crippen molar-refractivity contribution in [2.45, 2.75) is 32.7 Å².